The quantitative estimate of drug-likeness (QED) is 0.867. The van der Waals surface area contributed by atoms with Crippen LogP contribution in [0, 0.1) is 12.8 Å². The molecule has 2 rings (SSSR count). The van der Waals surface area contributed by atoms with Crippen LogP contribution in [-0.2, 0) is 10.0 Å². The van der Waals surface area contributed by atoms with Gasteiger partial charge in [0.1, 0.15) is 4.90 Å². The van der Waals surface area contributed by atoms with Gasteiger partial charge < -0.3 is 5.73 Å². The van der Waals surface area contributed by atoms with Gasteiger partial charge in [0.15, 0.2) is 0 Å². The summed E-state index contributed by atoms with van der Waals surface area (Å²) >= 11 is 0. The van der Waals surface area contributed by atoms with Gasteiger partial charge in [-0.15, -0.1) is 12.4 Å². The maximum Gasteiger partial charge on any atom is 0.246 e. The molecule has 1 aromatic heterocycles. The molecule has 1 saturated heterocycles. The molecule has 1 unspecified atom stereocenters. The number of aryl methyl sites for hydroxylation is 1. The lowest BCUT2D eigenvalue weighted by Gasteiger charge is -2.32. The van der Waals surface area contributed by atoms with Crippen molar-refractivity contribution in [2.45, 2.75) is 37.6 Å². The molecule has 0 aliphatic carbocycles. The van der Waals surface area contributed by atoms with E-state index in [-0.39, 0.29) is 23.3 Å². The third-order valence-electron chi connectivity index (χ3n) is 3.64. The van der Waals surface area contributed by atoms with Crippen LogP contribution in [0.4, 0.5) is 0 Å². The van der Waals surface area contributed by atoms with Crippen LogP contribution in [-0.4, -0.2) is 42.1 Å². The van der Waals surface area contributed by atoms with E-state index < -0.39 is 10.0 Å². The Morgan fingerprint density at radius 2 is 2.05 bits per heavy atom. The van der Waals surface area contributed by atoms with Crippen LogP contribution in [0.2, 0.25) is 0 Å². The van der Waals surface area contributed by atoms with E-state index in [0.717, 1.165) is 12.8 Å². The number of hydrogen-bond donors (Lipinski definition) is 2. The van der Waals surface area contributed by atoms with E-state index in [4.69, 9.17) is 5.73 Å². The number of aromatic amines is 1. The minimum Gasteiger partial charge on any atom is -0.328 e. The fraction of sp³-hybridized carbons (Fsp3) is 0.727. The van der Waals surface area contributed by atoms with Gasteiger partial charge in [-0.1, -0.05) is 0 Å². The van der Waals surface area contributed by atoms with Crippen LogP contribution < -0.4 is 5.73 Å². The molecule has 8 heteroatoms. The van der Waals surface area contributed by atoms with Gasteiger partial charge in [0.25, 0.3) is 0 Å². The molecule has 2 heterocycles. The average molecular weight is 309 g/mol. The molecule has 3 N–H and O–H groups in total. The second kappa shape index (κ2) is 6.21. The Labute approximate surface area is 120 Å². The molecule has 0 aromatic carbocycles. The number of H-pyrrole nitrogens is 1. The Hall–Kier alpha value is -0.630. The van der Waals surface area contributed by atoms with Crippen molar-refractivity contribution in [3.63, 3.8) is 0 Å². The van der Waals surface area contributed by atoms with Gasteiger partial charge in [0, 0.05) is 19.1 Å². The third-order valence-corrected chi connectivity index (χ3v) is 5.66. The molecule has 19 heavy (non-hydrogen) atoms. The van der Waals surface area contributed by atoms with Crippen LogP contribution in [0.25, 0.3) is 0 Å². The summed E-state index contributed by atoms with van der Waals surface area (Å²) in [5.74, 6) is 0.418. The van der Waals surface area contributed by atoms with Crippen molar-refractivity contribution < 1.29 is 8.42 Å². The van der Waals surface area contributed by atoms with E-state index in [1.54, 1.807) is 6.92 Å². The molecule has 6 nitrogen and oxygen atoms in total. The Morgan fingerprint density at radius 3 is 2.47 bits per heavy atom. The average Bonchev–Trinajstić information content (AvgIpc) is 2.76. The summed E-state index contributed by atoms with van der Waals surface area (Å²) < 4.78 is 26.3. The molecule has 0 spiro atoms. The minimum atomic E-state index is -3.40. The summed E-state index contributed by atoms with van der Waals surface area (Å²) in [5, 5.41) is 6.44. The van der Waals surface area contributed by atoms with E-state index >= 15 is 0 Å². The minimum absolute atomic E-state index is 0. The lowest BCUT2D eigenvalue weighted by atomic mass is 9.92. The maximum atomic E-state index is 12.4. The van der Waals surface area contributed by atoms with Gasteiger partial charge in [-0.05, 0) is 32.6 Å². The first kappa shape index (κ1) is 16.4. The largest absolute Gasteiger partial charge is 0.328 e. The highest BCUT2D eigenvalue weighted by Crippen LogP contribution is 2.25. The molecule has 0 radical (unpaired) electrons. The van der Waals surface area contributed by atoms with E-state index in [1.807, 2.05) is 6.92 Å². The SMILES string of the molecule is Cc1[nH]ncc1S(=O)(=O)N1CCC(C(C)N)CC1.Cl. The Bertz CT molecular complexity index is 507. The molecule has 0 saturated carbocycles. The first-order valence-corrected chi connectivity index (χ1v) is 7.62. The van der Waals surface area contributed by atoms with Crippen molar-refractivity contribution in [3.05, 3.63) is 11.9 Å². The number of rotatable bonds is 3. The van der Waals surface area contributed by atoms with Gasteiger partial charge in [-0.25, -0.2) is 8.42 Å². The van der Waals surface area contributed by atoms with Gasteiger partial charge >= 0.3 is 0 Å². The second-order valence-corrected chi connectivity index (χ2v) is 6.87. The van der Waals surface area contributed by atoms with Crippen molar-refractivity contribution in [3.8, 4) is 0 Å². The molecule has 0 bridgehead atoms. The topological polar surface area (TPSA) is 92.1 Å². The summed E-state index contributed by atoms with van der Waals surface area (Å²) in [6.07, 6.45) is 3.03. The fourth-order valence-electron chi connectivity index (χ4n) is 2.38. The number of sulfonamides is 1. The molecular formula is C11H21ClN4O2S. The highest BCUT2D eigenvalue weighted by Gasteiger charge is 2.31. The summed E-state index contributed by atoms with van der Waals surface area (Å²) in [6, 6.07) is 0.130. The number of nitrogens with zero attached hydrogens (tertiary/aromatic N) is 2. The molecular weight excluding hydrogens is 288 g/mol. The van der Waals surface area contributed by atoms with Gasteiger partial charge in [0.05, 0.1) is 11.9 Å². The number of nitrogens with one attached hydrogen (secondary N) is 1. The number of halogens is 1. The zero-order chi connectivity index (χ0) is 13.3. The zero-order valence-corrected chi connectivity index (χ0v) is 12.8. The van der Waals surface area contributed by atoms with E-state index in [0.29, 0.717) is 24.7 Å². The molecule has 110 valence electrons. The first-order chi connectivity index (χ1) is 8.43. The number of aromatic nitrogens is 2. The fourth-order valence-corrected chi connectivity index (χ4v) is 3.97. The van der Waals surface area contributed by atoms with E-state index in [9.17, 15) is 8.42 Å². The lowest BCUT2D eigenvalue weighted by Crippen LogP contribution is -2.42. The smallest absolute Gasteiger partial charge is 0.246 e. The monoisotopic (exact) mass is 308 g/mol. The van der Waals surface area contributed by atoms with Crippen molar-refractivity contribution >= 4 is 22.4 Å². The zero-order valence-electron chi connectivity index (χ0n) is 11.2. The highest BCUT2D eigenvalue weighted by atomic mass is 35.5. The van der Waals surface area contributed by atoms with Crippen LogP contribution in [0.1, 0.15) is 25.5 Å². The van der Waals surface area contributed by atoms with Gasteiger partial charge in [-0.3, -0.25) is 5.10 Å². The van der Waals surface area contributed by atoms with E-state index in [1.165, 1.54) is 10.5 Å². The molecule has 1 fully saturated rings. The van der Waals surface area contributed by atoms with Crippen LogP contribution in [0.15, 0.2) is 11.1 Å². The summed E-state index contributed by atoms with van der Waals surface area (Å²) in [5.41, 5.74) is 6.44. The Balaban J connectivity index is 0.00000180. The predicted molar refractivity (Wildman–Crippen MR) is 75.7 cm³/mol. The number of nitrogens with two attached hydrogens (primary N) is 1. The van der Waals surface area contributed by atoms with Crippen LogP contribution in [0.3, 0.4) is 0 Å². The molecule has 0 amide bonds. The highest BCUT2D eigenvalue weighted by molar-refractivity contribution is 7.89. The number of piperidine rings is 1. The normalized spacial score (nSPS) is 19.9. The molecule has 1 atom stereocenters. The van der Waals surface area contributed by atoms with Gasteiger partial charge in [0.2, 0.25) is 10.0 Å². The third kappa shape index (κ3) is 3.28. The summed E-state index contributed by atoms with van der Waals surface area (Å²) in [4.78, 5) is 0.279. The van der Waals surface area contributed by atoms with E-state index in [2.05, 4.69) is 10.2 Å². The van der Waals surface area contributed by atoms with Crippen molar-refractivity contribution in [2.24, 2.45) is 11.7 Å². The van der Waals surface area contributed by atoms with Crippen LogP contribution in [0.5, 0.6) is 0 Å². The standard InChI is InChI=1S/C11H20N4O2S.ClH/c1-8(12)10-3-5-15(6-4-10)18(16,17)11-7-13-14-9(11)2;/h7-8,10H,3-6,12H2,1-2H3,(H,13,14);1H. The number of hydrogen-bond acceptors (Lipinski definition) is 4. The second-order valence-electron chi connectivity index (χ2n) is 4.96. The Kier molecular flexibility index (Phi) is 5.37. The molecule has 1 aromatic rings. The van der Waals surface area contributed by atoms with Gasteiger partial charge in [-0.2, -0.15) is 9.40 Å². The predicted octanol–water partition coefficient (Wildman–Crippen LogP) is 0.888. The molecule has 1 aliphatic heterocycles. The molecule has 1 aliphatic rings. The summed E-state index contributed by atoms with van der Waals surface area (Å²) in [6.45, 7) is 4.78. The summed E-state index contributed by atoms with van der Waals surface area (Å²) in [7, 11) is -3.40. The van der Waals surface area contributed by atoms with Crippen LogP contribution >= 0.6 is 12.4 Å². The Morgan fingerprint density at radius 1 is 1.47 bits per heavy atom. The van der Waals surface area contributed by atoms with Crippen molar-refractivity contribution in [1.29, 1.82) is 0 Å². The maximum absolute atomic E-state index is 12.4. The van der Waals surface area contributed by atoms with Crippen molar-refractivity contribution in [1.82, 2.24) is 14.5 Å². The lowest BCUT2D eigenvalue weighted by molar-refractivity contribution is 0.250. The first-order valence-electron chi connectivity index (χ1n) is 6.18. The van der Waals surface area contributed by atoms with Crippen molar-refractivity contribution in [2.75, 3.05) is 13.1 Å².